The number of benzene rings is 3. The summed E-state index contributed by atoms with van der Waals surface area (Å²) in [6.45, 7) is 11.0. The molecule has 0 spiro atoms. The molecule has 3 aromatic rings. The summed E-state index contributed by atoms with van der Waals surface area (Å²) in [6.07, 6.45) is 1.74. The van der Waals surface area contributed by atoms with E-state index in [-0.39, 0.29) is 5.91 Å². The molecule has 0 saturated carbocycles. The van der Waals surface area contributed by atoms with Gasteiger partial charge >= 0.3 is 0 Å². The first-order chi connectivity index (χ1) is 16.5. The lowest BCUT2D eigenvalue weighted by Crippen LogP contribution is -2.30. The predicted octanol–water partition coefficient (Wildman–Crippen LogP) is 6.95. The van der Waals surface area contributed by atoms with Gasteiger partial charge in [-0.3, -0.25) is 9.79 Å². The van der Waals surface area contributed by atoms with Gasteiger partial charge in [0.15, 0.2) is 0 Å². The van der Waals surface area contributed by atoms with Crippen molar-refractivity contribution >= 4 is 34.8 Å². The molecule has 0 atom stereocenters. The number of carbonyl (C=O) groups excluding carboxylic acids is 1. The number of aliphatic imine (C=N–C) groups is 1. The van der Waals surface area contributed by atoms with E-state index in [1.54, 1.807) is 11.8 Å². The molecule has 1 aliphatic heterocycles. The third-order valence-corrected chi connectivity index (χ3v) is 7.26. The summed E-state index contributed by atoms with van der Waals surface area (Å²) >= 11 is 1.73. The number of fused-ring (bicyclic) bond motifs is 2. The molecule has 0 aromatic heterocycles. The summed E-state index contributed by atoms with van der Waals surface area (Å²) in [6, 6.07) is 21.0. The van der Waals surface area contributed by atoms with Crippen molar-refractivity contribution in [1.29, 1.82) is 0 Å². The Balaban J connectivity index is 1.41. The van der Waals surface area contributed by atoms with Crippen LogP contribution in [0.1, 0.15) is 53.7 Å². The van der Waals surface area contributed by atoms with Crippen LogP contribution in [0.4, 0.5) is 11.4 Å². The van der Waals surface area contributed by atoms with Gasteiger partial charge in [-0.05, 0) is 81.6 Å². The number of carbonyl (C=O) groups is 1. The highest BCUT2D eigenvalue weighted by molar-refractivity contribution is 7.99. The van der Waals surface area contributed by atoms with Gasteiger partial charge in [0, 0.05) is 52.0 Å². The third kappa shape index (κ3) is 5.53. The summed E-state index contributed by atoms with van der Waals surface area (Å²) < 4.78 is 0. The van der Waals surface area contributed by atoms with Crippen molar-refractivity contribution in [1.82, 2.24) is 5.32 Å². The molecule has 1 amide bonds. The molecule has 176 valence electrons. The highest BCUT2D eigenvalue weighted by Crippen LogP contribution is 2.41. The Bertz CT molecular complexity index is 1220. The zero-order valence-electron chi connectivity index (χ0n) is 20.5. The van der Waals surface area contributed by atoms with E-state index in [0.717, 1.165) is 42.2 Å². The molecule has 0 fully saturated rings. The van der Waals surface area contributed by atoms with Crippen LogP contribution in [0.2, 0.25) is 0 Å². The van der Waals surface area contributed by atoms with E-state index in [4.69, 9.17) is 4.99 Å². The SMILES string of the molecule is CCC1=Nc2cc(C(=O)NCCCN(CC)c3cccc(C)c3)ccc2Sc2ccc(C)cc21. The Hall–Kier alpha value is -3.05. The lowest BCUT2D eigenvalue weighted by Gasteiger charge is -2.23. The van der Waals surface area contributed by atoms with Gasteiger partial charge in [0.05, 0.1) is 5.69 Å². The molecule has 0 aliphatic carbocycles. The standard InChI is InChI=1S/C29H33N3OS/c1-5-25-24-18-21(4)11-13-27(24)34-28-14-12-22(19-26(28)31-25)29(33)30-15-8-16-32(6-2)23-10-7-9-20(3)17-23/h7,9-14,17-19H,5-6,8,15-16H2,1-4H3,(H,30,33). The van der Waals surface area contributed by atoms with Crippen molar-refractivity contribution in [2.45, 2.75) is 50.3 Å². The minimum atomic E-state index is -0.0442. The van der Waals surface area contributed by atoms with Crippen LogP contribution in [0.15, 0.2) is 75.4 Å². The number of rotatable bonds is 8. The number of hydrogen-bond donors (Lipinski definition) is 1. The van der Waals surface area contributed by atoms with Gasteiger partial charge in [0.25, 0.3) is 5.91 Å². The predicted molar refractivity (Wildman–Crippen MR) is 144 cm³/mol. The molecule has 1 heterocycles. The Kier molecular flexibility index (Phi) is 7.73. The smallest absolute Gasteiger partial charge is 0.251 e. The number of amides is 1. The lowest BCUT2D eigenvalue weighted by atomic mass is 10.0. The van der Waals surface area contributed by atoms with Crippen LogP contribution in [-0.2, 0) is 0 Å². The van der Waals surface area contributed by atoms with Crippen LogP contribution in [-0.4, -0.2) is 31.3 Å². The van der Waals surface area contributed by atoms with Crippen LogP contribution in [0.3, 0.4) is 0 Å². The summed E-state index contributed by atoms with van der Waals surface area (Å²) in [5.41, 5.74) is 7.53. The third-order valence-electron chi connectivity index (χ3n) is 6.12. The number of nitrogens with one attached hydrogen (secondary N) is 1. The van der Waals surface area contributed by atoms with Crippen molar-refractivity contribution in [2.24, 2.45) is 4.99 Å². The first-order valence-electron chi connectivity index (χ1n) is 12.1. The summed E-state index contributed by atoms with van der Waals surface area (Å²) in [7, 11) is 0. The van der Waals surface area contributed by atoms with Gasteiger partial charge in [-0.15, -0.1) is 0 Å². The van der Waals surface area contributed by atoms with E-state index in [2.05, 4.69) is 80.4 Å². The quantitative estimate of drug-likeness (QED) is 0.362. The summed E-state index contributed by atoms with van der Waals surface area (Å²) in [5.74, 6) is -0.0442. The van der Waals surface area contributed by atoms with Crippen molar-refractivity contribution in [3.63, 3.8) is 0 Å². The number of nitrogens with zero attached hydrogens (tertiary/aromatic N) is 2. The number of hydrogen-bond acceptors (Lipinski definition) is 4. The Labute approximate surface area is 207 Å². The first kappa shape index (κ1) is 24.1. The van der Waals surface area contributed by atoms with Crippen LogP contribution in [0.5, 0.6) is 0 Å². The molecule has 1 aliphatic rings. The second kappa shape index (κ2) is 10.9. The van der Waals surface area contributed by atoms with Crippen molar-refractivity contribution in [2.75, 3.05) is 24.5 Å². The maximum atomic E-state index is 12.9. The summed E-state index contributed by atoms with van der Waals surface area (Å²) in [4.78, 5) is 22.5. The lowest BCUT2D eigenvalue weighted by molar-refractivity contribution is 0.0953. The fraction of sp³-hybridized carbons (Fsp3) is 0.310. The second-order valence-electron chi connectivity index (χ2n) is 8.72. The molecule has 4 rings (SSSR count). The molecule has 3 aromatic carbocycles. The normalized spacial score (nSPS) is 12.3. The van der Waals surface area contributed by atoms with Crippen molar-refractivity contribution in [3.8, 4) is 0 Å². The van der Waals surface area contributed by atoms with E-state index in [1.165, 1.54) is 27.3 Å². The van der Waals surface area contributed by atoms with E-state index in [0.29, 0.717) is 12.1 Å². The Morgan fingerprint density at radius 3 is 2.53 bits per heavy atom. The molecular weight excluding hydrogens is 438 g/mol. The van der Waals surface area contributed by atoms with Crippen LogP contribution in [0, 0.1) is 13.8 Å². The fourth-order valence-corrected chi connectivity index (χ4v) is 5.26. The molecule has 1 N–H and O–H groups in total. The zero-order chi connectivity index (χ0) is 24.1. The van der Waals surface area contributed by atoms with Crippen LogP contribution in [0.25, 0.3) is 0 Å². The molecule has 0 unspecified atom stereocenters. The largest absolute Gasteiger partial charge is 0.372 e. The van der Waals surface area contributed by atoms with Crippen molar-refractivity contribution < 1.29 is 4.79 Å². The van der Waals surface area contributed by atoms with Crippen LogP contribution < -0.4 is 10.2 Å². The van der Waals surface area contributed by atoms with Crippen molar-refractivity contribution in [3.05, 3.63) is 82.9 Å². The maximum absolute atomic E-state index is 12.9. The van der Waals surface area contributed by atoms with E-state index < -0.39 is 0 Å². The second-order valence-corrected chi connectivity index (χ2v) is 9.81. The van der Waals surface area contributed by atoms with E-state index in [1.807, 2.05) is 18.2 Å². The maximum Gasteiger partial charge on any atom is 0.251 e. The molecule has 5 heteroatoms. The van der Waals surface area contributed by atoms with Gasteiger partial charge < -0.3 is 10.2 Å². The average Bonchev–Trinajstić information content (AvgIpc) is 2.99. The van der Waals surface area contributed by atoms with Gasteiger partial charge in [-0.1, -0.05) is 42.4 Å². The zero-order valence-corrected chi connectivity index (χ0v) is 21.3. The van der Waals surface area contributed by atoms with E-state index >= 15 is 0 Å². The molecular formula is C29H33N3OS. The highest BCUT2D eigenvalue weighted by atomic mass is 32.2. The monoisotopic (exact) mass is 471 g/mol. The first-order valence-corrected chi connectivity index (χ1v) is 12.9. The minimum Gasteiger partial charge on any atom is -0.372 e. The molecule has 0 radical (unpaired) electrons. The van der Waals surface area contributed by atoms with Gasteiger partial charge in [0.1, 0.15) is 0 Å². The van der Waals surface area contributed by atoms with Gasteiger partial charge in [0.2, 0.25) is 0 Å². The van der Waals surface area contributed by atoms with Gasteiger partial charge in [-0.25, -0.2) is 0 Å². The topological polar surface area (TPSA) is 44.7 Å². The molecule has 4 nitrogen and oxygen atoms in total. The molecule has 0 saturated heterocycles. The molecule has 0 bridgehead atoms. The Morgan fingerprint density at radius 2 is 1.76 bits per heavy atom. The highest BCUT2D eigenvalue weighted by Gasteiger charge is 2.18. The van der Waals surface area contributed by atoms with E-state index in [9.17, 15) is 4.79 Å². The fourth-order valence-electron chi connectivity index (χ4n) is 4.25. The average molecular weight is 472 g/mol. The number of anilines is 1. The van der Waals surface area contributed by atoms with Gasteiger partial charge in [-0.2, -0.15) is 0 Å². The Morgan fingerprint density at radius 1 is 0.971 bits per heavy atom. The van der Waals surface area contributed by atoms with Crippen LogP contribution >= 0.6 is 11.8 Å². The number of aryl methyl sites for hydroxylation is 2. The summed E-state index contributed by atoms with van der Waals surface area (Å²) in [5, 5.41) is 3.09. The minimum absolute atomic E-state index is 0.0442. The molecule has 34 heavy (non-hydrogen) atoms.